The van der Waals surface area contributed by atoms with Crippen LogP contribution in [0.1, 0.15) is 45.4 Å². The van der Waals surface area contributed by atoms with E-state index in [-0.39, 0.29) is 0 Å². The number of quaternary nitrogens is 1. The standard InChI is InChI=1S/C14H29N2O/c1-4-5-6-7-8-9-14(17)15-10-12-16(2,3)13-11-15/h4-13H2,1-3H3/q+1. The molecule has 100 valence electrons. The Labute approximate surface area is 106 Å². The van der Waals surface area contributed by atoms with Gasteiger partial charge in [-0.1, -0.05) is 32.6 Å². The first kappa shape index (κ1) is 14.5. The molecule has 0 aromatic rings. The van der Waals surface area contributed by atoms with Gasteiger partial charge >= 0.3 is 0 Å². The Hall–Kier alpha value is -0.570. The maximum Gasteiger partial charge on any atom is 0.222 e. The molecule has 1 fully saturated rings. The Morgan fingerprint density at radius 3 is 2.24 bits per heavy atom. The Morgan fingerprint density at radius 1 is 1.06 bits per heavy atom. The minimum Gasteiger partial charge on any atom is -0.331 e. The summed E-state index contributed by atoms with van der Waals surface area (Å²) in [5, 5.41) is 0. The lowest BCUT2D eigenvalue weighted by Gasteiger charge is -2.39. The van der Waals surface area contributed by atoms with Crippen LogP contribution in [0.25, 0.3) is 0 Å². The van der Waals surface area contributed by atoms with Gasteiger partial charge in [-0.2, -0.15) is 0 Å². The van der Waals surface area contributed by atoms with E-state index in [1.54, 1.807) is 0 Å². The van der Waals surface area contributed by atoms with Crippen molar-refractivity contribution in [1.29, 1.82) is 0 Å². The van der Waals surface area contributed by atoms with Gasteiger partial charge in [0.25, 0.3) is 0 Å². The van der Waals surface area contributed by atoms with Crippen molar-refractivity contribution in [2.24, 2.45) is 0 Å². The molecule has 0 radical (unpaired) electrons. The monoisotopic (exact) mass is 241 g/mol. The van der Waals surface area contributed by atoms with Crippen molar-refractivity contribution < 1.29 is 9.28 Å². The number of piperazine rings is 1. The van der Waals surface area contributed by atoms with Crippen LogP contribution >= 0.6 is 0 Å². The zero-order chi connectivity index (χ0) is 12.7. The van der Waals surface area contributed by atoms with Gasteiger partial charge in [-0.05, 0) is 6.42 Å². The maximum absolute atomic E-state index is 12.0. The quantitative estimate of drug-likeness (QED) is 0.516. The zero-order valence-electron chi connectivity index (χ0n) is 11.9. The largest absolute Gasteiger partial charge is 0.331 e. The number of nitrogens with zero attached hydrogens (tertiary/aromatic N) is 2. The van der Waals surface area contributed by atoms with Crippen LogP contribution in [0.3, 0.4) is 0 Å². The van der Waals surface area contributed by atoms with Crippen molar-refractivity contribution in [3.63, 3.8) is 0 Å². The fourth-order valence-corrected chi connectivity index (χ4v) is 2.29. The molecule has 1 heterocycles. The van der Waals surface area contributed by atoms with E-state index < -0.39 is 0 Å². The Bertz CT molecular complexity index is 228. The zero-order valence-corrected chi connectivity index (χ0v) is 11.9. The van der Waals surface area contributed by atoms with Crippen LogP contribution in [-0.4, -0.2) is 55.6 Å². The molecule has 1 aliphatic rings. The number of hydrogen-bond donors (Lipinski definition) is 0. The van der Waals surface area contributed by atoms with E-state index in [2.05, 4.69) is 25.9 Å². The Morgan fingerprint density at radius 2 is 1.65 bits per heavy atom. The molecule has 0 aromatic carbocycles. The fourth-order valence-electron chi connectivity index (χ4n) is 2.29. The summed E-state index contributed by atoms with van der Waals surface area (Å²) in [6, 6.07) is 0. The lowest BCUT2D eigenvalue weighted by Crippen LogP contribution is -2.56. The number of hydrogen-bond acceptors (Lipinski definition) is 1. The van der Waals surface area contributed by atoms with Crippen molar-refractivity contribution >= 4 is 5.91 Å². The van der Waals surface area contributed by atoms with Gasteiger partial charge in [0.05, 0.1) is 40.3 Å². The highest BCUT2D eigenvalue weighted by Gasteiger charge is 2.26. The minimum atomic E-state index is 0.376. The molecule has 0 saturated carbocycles. The molecule has 0 aliphatic carbocycles. The van der Waals surface area contributed by atoms with E-state index in [0.717, 1.165) is 43.5 Å². The van der Waals surface area contributed by atoms with Crippen molar-refractivity contribution in [2.75, 3.05) is 40.3 Å². The molecular weight excluding hydrogens is 212 g/mol. The lowest BCUT2D eigenvalue weighted by molar-refractivity contribution is -0.894. The number of likely N-dealkylation sites (N-methyl/N-ethyl adjacent to an activating group) is 1. The molecule has 0 unspecified atom stereocenters. The Kier molecular flexibility index (Phi) is 5.96. The van der Waals surface area contributed by atoms with Gasteiger partial charge in [-0.3, -0.25) is 4.79 Å². The number of rotatable bonds is 6. The normalized spacial score (nSPS) is 19.4. The third-order valence-electron chi connectivity index (χ3n) is 3.80. The number of carbonyl (C=O) groups excluding carboxylic acids is 1. The summed E-state index contributed by atoms with van der Waals surface area (Å²) in [6.07, 6.45) is 6.92. The van der Waals surface area contributed by atoms with Crippen LogP contribution in [0.2, 0.25) is 0 Å². The molecule has 3 nitrogen and oxygen atoms in total. The van der Waals surface area contributed by atoms with E-state index in [4.69, 9.17) is 0 Å². The van der Waals surface area contributed by atoms with Crippen molar-refractivity contribution in [2.45, 2.75) is 45.4 Å². The lowest BCUT2D eigenvalue weighted by atomic mass is 10.1. The molecule has 0 spiro atoms. The summed E-state index contributed by atoms with van der Waals surface area (Å²) < 4.78 is 1.06. The van der Waals surface area contributed by atoms with Crippen LogP contribution in [0.5, 0.6) is 0 Å². The first-order valence-corrected chi connectivity index (χ1v) is 7.15. The van der Waals surface area contributed by atoms with E-state index in [0.29, 0.717) is 5.91 Å². The second-order valence-electron chi connectivity index (χ2n) is 5.93. The van der Waals surface area contributed by atoms with E-state index >= 15 is 0 Å². The van der Waals surface area contributed by atoms with E-state index in [1.807, 2.05) is 0 Å². The fraction of sp³-hybridized carbons (Fsp3) is 0.929. The third kappa shape index (κ3) is 5.53. The van der Waals surface area contributed by atoms with Gasteiger partial charge in [0.15, 0.2) is 0 Å². The number of unbranched alkanes of at least 4 members (excludes halogenated alkanes) is 4. The summed E-state index contributed by atoms with van der Waals surface area (Å²) in [7, 11) is 4.49. The average molecular weight is 241 g/mol. The molecule has 1 aliphatic heterocycles. The minimum absolute atomic E-state index is 0.376. The maximum atomic E-state index is 12.0. The van der Waals surface area contributed by atoms with Gasteiger partial charge < -0.3 is 9.38 Å². The van der Waals surface area contributed by atoms with Crippen LogP contribution in [0.4, 0.5) is 0 Å². The van der Waals surface area contributed by atoms with E-state index in [1.165, 1.54) is 25.7 Å². The molecule has 3 heteroatoms. The van der Waals surface area contributed by atoms with Crippen molar-refractivity contribution in [1.82, 2.24) is 4.90 Å². The van der Waals surface area contributed by atoms with Gasteiger partial charge in [-0.25, -0.2) is 0 Å². The highest BCUT2D eigenvalue weighted by molar-refractivity contribution is 5.76. The molecule has 0 bridgehead atoms. The Balaban J connectivity index is 2.12. The third-order valence-corrected chi connectivity index (χ3v) is 3.80. The van der Waals surface area contributed by atoms with Crippen LogP contribution in [-0.2, 0) is 4.79 Å². The molecule has 1 rings (SSSR count). The molecule has 0 aromatic heterocycles. The van der Waals surface area contributed by atoms with Crippen LogP contribution < -0.4 is 0 Å². The van der Waals surface area contributed by atoms with Crippen LogP contribution in [0, 0.1) is 0 Å². The van der Waals surface area contributed by atoms with Crippen molar-refractivity contribution in [3.8, 4) is 0 Å². The molecule has 0 N–H and O–H groups in total. The second-order valence-corrected chi connectivity index (χ2v) is 5.93. The topological polar surface area (TPSA) is 20.3 Å². The van der Waals surface area contributed by atoms with E-state index in [9.17, 15) is 4.79 Å². The summed E-state index contributed by atoms with van der Waals surface area (Å²) in [4.78, 5) is 14.0. The van der Waals surface area contributed by atoms with Gasteiger partial charge in [0, 0.05) is 6.42 Å². The molecule has 1 saturated heterocycles. The molecule has 17 heavy (non-hydrogen) atoms. The average Bonchev–Trinajstić information content (AvgIpc) is 2.28. The first-order chi connectivity index (χ1) is 8.05. The smallest absolute Gasteiger partial charge is 0.222 e. The predicted octanol–water partition coefficient (Wildman–Crippen LogP) is 2.27. The summed E-state index contributed by atoms with van der Waals surface area (Å²) >= 11 is 0. The summed E-state index contributed by atoms with van der Waals surface area (Å²) in [5.41, 5.74) is 0. The molecule has 0 atom stereocenters. The van der Waals surface area contributed by atoms with Gasteiger partial charge in [0.1, 0.15) is 0 Å². The highest BCUT2D eigenvalue weighted by atomic mass is 16.2. The summed E-state index contributed by atoms with van der Waals surface area (Å²) in [5.74, 6) is 0.376. The van der Waals surface area contributed by atoms with Crippen molar-refractivity contribution in [3.05, 3.63) is 0 Å². The van der Waals surface area contributed by atoms with Gasteiger partial charge in [-0.15, -0.1) is 0 Å². The molecule has 1 amide bonds. The molecular formula is C14H29N2O+. The summed E-state index contributed by atoms with van der Waals surface area (Å²) in [6.45, 7) is 6.31. The first-order valence-electron chi connectivity index (χ1n) is 7.15. The number of carbonyl (C=O) groups is 1. The van der Waals surface area contributed by atoms with Gasteiger partial charge in [0.2, 0.25) is 5.91 Å². The van der Waals surface area contributed by atoms with Crippen LogP contribution in [0.15, 0.2) is 0 Å². The SMILES string of the molecule is CCCCCCCC(=O)N1CC[N+](C)(C)CC1. The second kappa shape index (κ2) is 7.00. The predicted molar refractivity (Wildman–Crippen MR) is 71.8 cm³/mol. The number of amides is 1. The highest BCUT2D eigenvalue weighted by Crippen LogP contribution is 2.11.